The molecule has 0 aliphatic rings. The van der Waals surface area contributed by atoms with Crippen LogP contribution in [0.4, 0.5) is 0 Å². The van der Waals surface area contributed by atoms with Crippen molar-refractivity contribution in [1.29, 1.82) is 0 Å². The minimum absolute atomic E-state index is 0.0813. The summed E-state index contributed by atoms with van der Waals surface area (Å²) in [5.74, 6) is -2.75. The molecule has 19 heavy (non-hydrogen) atoms. The van der Waals surface area contributed by atoms with Gasteiger partial charge in [-0.1, -0.05) is 0 Å². The molecule has 0 aromatic heterocycles. The van der Waals surface area contributed by atoms with Crippen LogP contribution in [0.5, 0.6) is 0 Å². The van der Waals surface area contributed by atoms with Crippen molar-refractivity contribution in [3.8, 4) is 0 Å². The summed E-state index contributed by atoms with van der Waals surface area (Å²) in [6.45, 7) is 9.74. The van der Waals surface area contributed by atoms with Gasteiger partial charge >= 0.3 is 11.9 Å². The highest BCUT2D eigenvalue weighted by Crippen LogP contribution is 2.14. The Morgan fingerprint density at radius 2 is 1.89 bits per heavy atom. The zero-order valence-electron chi connectivity index (χ0n) is 9.88. The first-order valence-electron chi connectivity index (χ1n) is 5.24. The number of carboxylic acid groups (broad SMARTS) is 1. The third-order valence-corrected chi connectivity index (χ3v) is 2.21. The Morgan fingerprint density at radius 1 is 1.21 bits per heavy atom. The Labute approximate surface area is 110 Å². The molecule has 0 aliphatic carbocycles. The summed E-state index contributed by atoms with van der Waals surface area (Å²) in [6.07, 6.45) is 0. The summed E-state index contributed by atoms with van der Waals surface area (Å²) in [5.41, 5.74) is -0.426. The molecular weight excluding hydrogens is 250 g/mol. The number of carbonyl (C=O) groups excluding carboxylic acids is 2. The van der Waals surface area contributed by atoms with Crippen LogP contribution in [-0.2, 0) is 4.74 Å². The van der Waals surface area contributed by atoms with E-state index in [9.17, 15) is 14.4 Å². The molecule has 0 fully saturated rings. The predicted molar refractivity (Wildman–Crippen MR) is 64.6 cm³/mol. The van der Waals surface area contributed by atoms with Crippen LogP contribution in [0.15, 0.2) is 18.2 Å². The molecule has 0 saturated carbocycles. The molecule has 0 saturated heterocycles. The van der Waals surface area contributed by atoms with Gasteiger partial charge in [0.25, 0.3) is 5.91 Å². The first kappa shape index (κ1) is 14.7. The topological polar surface area (TPSA) is 92.7 Å². The molecule has 2 N–H and O–H groups in total. The summed E-state index contributed by atoms with van der Waals surface area (Å²) in [6, 6.07) is 3.53. The van der Waals surface area contributed by atoms with Crippen LogP contribution in [0.2, 0.25) is 0 Å². The van der Waals surface area contributed by atoms with Gasteiger partial charge in [-0.2, -0.15) is 0 Å². The van der Waals surface area contributed by atoms with Crippen LogP contribution in [-0.4, -0.2) is 36.1 Å². The molecule has 1 aromatic rings. The van der Waals surface area contributed by atoms with Crippen LogP contribution < -0.4 is 5.32 Å². The molecule has 0 spiro atoms. The molecule has 6 heteroatoms. The largest absolute Gasteiger partial charge is 0.478 e. The highest BCUT2D eigenvalue weighted by Gasteiger charge is 2.19. The Bertz CT molecular complexity index is 510. The molecule has 0 atom stereocenters. The lowest BCUT2D eigenvalue weighted by molar-refractivity contribution is 0.0534. The number of ether oxygens (including phenoxy) is 1. The Morgan fingerprint density at radius 3 is 2.42 bits per heavy atom. The number of nitrogens with one attached hydrogen (secondary N) is 1. The molecule has 1 rings (SSSR count). The van der Waals surface area contributed by atoms with Crippen LogP contribution in [0.3, 0.4) is 0 Å². The minimum Gasteiger partial charge on any atom is -0.478 e. The molecule has 1 aromatic carbocycles. The van der Waals surface area contributed by atoms with Gasteiger partial charge in [0.2, 0.25) is 0 Å². The fraction of sp³-hybridized carbons (Fsp3) is 0.154. The zero-order chi connectivity index (χ0) is 14.4. The van der Waals surface area contributed by atoms with E-state index < -0.39 is 24.5 Å². The van der Waals surface area contributed by atoms with Crippen molar-refractivity contribution in [3.63, 3.8) is 0 Å². The maximum Gasteiger partial charge on any atom is 0.339 e. The number of rotatable bonds is 5. The Kier molecular flexibility index (Phi) is 5.05. The maximum absolute atomic E-state index is 11.6. The van der Waals surface area contributed by atoms with E-state index in [1.165, 1.54) is 6.07 Å². The summed E-state index contributed by atoms with van der Waals surface area (Å²) < 4.78 is 4.53. The fourth-order valence-corrected chi connectivity index (χ4v) is 1.39. The Balaban J connectivity index is 3.22. The van der Waals surface area contributed by atoms with Crippen LogP contribution in [0, 0.1) is 13.8 Å². The second kappa shape index (κ2) is 6.53. The maximum atomic E-state index is 11.6. The van der Waals surface area contributed by atoms with E-state index in [-0.39, 0.29) is 23.2 Å². The van der Waals surface area contributed by atoms with E-state index in [0.29, 0.717) is 0 Å². The molecule has 4 radical (unpaired) electrons. The number of hydrogen-bond donors (Lipinski definition) is 2. The average molecular weight is 261 g/mol. The summed E-state index contributed by atoms with van der Waals surface area (Å²) in [7, 11) is 0. The van der Waals surface area contributed by atoms with E-state index in [4.69, 9.17) is 19.0 Å². The van der Waals surface area contributed by atoms with Crippen molar-refractivity contribution >= 4 is 17.8 Å². The van der Waals surface area contributed by atoms with E-state index >= 15 is 0 Å². The third kappa shape index (κ3) is 3.54. The molecular formula is C13H11NO5. The van der Waals surface area contributed by atoms with Gasteiger partial charge in [-0.05, 0) is 25.1 Å². The van der Waals surface area contributed by atoms with E-state index in [0.717, 1.165) is 12.1 Å². The lowest BCUT2D eigenvalue weighted by Gasteiger charge is -2.08. The molecule has 0 bridgehead atoms. The summed E-state index contributed by atoms with van der Waals surface area (Å²) in [5, 5.41) is 11.3. The van der Waals surface area contributed by atoms with Crippen molar-refractivity contribution in [2.75, 3.05) is 13.2 Å². The van der Waals surface area contributed by atoms with Gasteiger partial charge in [-0.25, -0.2) is 9.59 Å². The zero-order valence-corrected chi connectivity index (χ0v) is 9.88. The molecule has 0 unspecified atom stereocenters. The van der Waals surface area contributed by atoms with Crippen molar-refractivity contribution in [2.45, 2.75) is 0 Å². The number of hydrogen-bond acceptors (Lipinski definition) is 4. The SMILES string of the molecule is [CH]CNC(=O)c1ccc(C(=O)O)c(C(=O)OC[CH])c1. The first-order chi connectivity index (χ1) is 9.01. The first-order valence-corrected chi connectivity index (χ1v) is 5.24. The minimum atomic E-state index is -1.31. The van der Waals surface area contributed by atoms with Crippen LogP contribution >= 0.6 is 0 Å². The molecule has 98 valence electrons. The number of carboxylic acids is 1. The lowest BCUT2D eigenvalue weighted by Crippen LogP contribution is -2.23. The lowest BCUT2D eigenvalue weighted by atomic mass is 10.0. The number of aromatic carboxylic acids is 1. The number of benzene rings is 1. The standard InChI is InChI=1S/C13H11NO5/c1-3-14-11(15)8-5-6-9(12(16)17)10(7-8)13(18)19-4-2/h1-2,5-7H,3-4H2,(H,14,15)(H,16,17). The highest BCUT2D eigenvalue weighted by molar-refractivity contribution is 6.05. The van der Waals surface area contributed by atoms with Gasteiger partial charge in [0, 0.05) is 19.0 Å². The van der Waals surface area contributed by atoms with E-state index in [1.54, 1.807) is 0 Å². The van der Waals surface area contributed by atoms with Crippen LogP contribution in [0.1, 0.15) is 31.1 Å². The van der Waals surface area contributed by atoms with Crippen molar-refractivity contribution in [1.82, 2.24) is 5.32 Å². The summed E-state index contributed by atoms with van der Waals surface area (Å²) >= 11 is 0. The quantitative estimate of drug-likeness (QED) is 0.761. The normalized spacial score (nSPS) is 9.79. The van der Waals surface area contributed by atoms with Crippen LogP contribution in [0.25, 0.3) is 0 Å². The second-order valence-corrected chi connectivity index (χ2v) is 3.37. The smallest absolute Gasteiger partial charge is 0.339 e. The van der Waals surface area contributed by atoms with Crippen molar-refractivity contribution < 1.29 is 24.2 Å². The number of amides is 1. The molecule has 6 nitrogen and oxygen atoms in total. The van der Waals surface area contributed by atoms with Crippen molar-refractivity contribution in [3.05, 3.63) is 48.7 Å². The van der Waals surface area contributed by atoms with E-state index in [1.807, 2.05) is 0 Å². The van der Waals surface area contributed by atoms with Gasteiger partial charge in [0.15, 0.2) is 0 Å². The molecule has 1 amide bonds. The number of esters is 1. The van der Waals surface area contributed by atoms with Gasteiger partial charge < -0.3 is 15.2 Å². The van der Waals surface area contributed by atoms with Gasteiger partial charge in [0.1, 0.15) is 0 Å². The predicted octanol–water partition coefficient (Wildman–Crippen LogP) is 0.694. The monoisotopic (exact) mass is 261 g/mol. The Hall–Kier alpha value is -2.37. The summed E-state index contributed by atoms with van der Waals surface area (Å²) in [4.78, 5) is 34.1. The van der Waals surface area contributed by atoms with Gasteiger partial charge in [-0.3, -0.25) is 4.79 Å². The van der Waals surface area contributed by atoms with Gasteiger partial charge in [0.05, 0.1) is 17.7 Å². The third-order valence-electron chi connectivity index (χ3n) is 2.21. The molecule has 0 heterocycles. The molecule has 0 aliphatic heterocycles. The van der Waals surface area contributed by atoms with E-state index in [2.05, 4.69) is 10.1 Å². The van der Waals surface area contributed by atoms with Crippen molar-refractivity contribution in [2.24, 2.45) is 0 Å². The average Bonchev–Trinajstić information content (AvgIpc) is 2.38. The second-order valence-electron chi connectivity index (χ2n) is 3.37. The number of carbonyl (C=O) groups is 3. The van der Waals surface area contributed by atoms with Gasteiger partial charge in [-0.15, -0.1) is 0 Å². The highest BCUT2D eigenvalue weighted by atomic mass is 16.5. The fourth-order valence-electron chi connectivity index (χ4n) is 1.39.